The predicted octanol–water partition coefficient (Wildman–Crippen LogP) is 2.61. The third-order valence-electron chi connectivity index (χ3n) is 1.95. The van der Waals surface area contributed by atoms with Crippen molar-refractivity contribution in [3.05, 3.63) is 40.2 Å². The van der Waals surface area contributed by atoms with Crippen LogP contribution in [0.15, 0.2) is 29.6 Å². The van der Waals surface area contributed by atoms with Crippen molar-refractivity contribution >= 4 is 17.2 Å². The van der Waals surface area contributed by atoms with Gasteiger partial charge in [-0.1, -0.05) is 17.7 Å². The Labute approximate surface area is 92.5 Å². The summed E-state index contributed by atoms with van der Waals surface area (Å²) in [6, 6.07) is 7.94. The molecular formula is C11H12N2OS. The summed E-state index contributed by atoms with van der Waals surface area (Å²) in [5.74, 6) is 1.41. The topological polar surface area (TPSA) is 48.1 Å². The van der Waals surface area contributed by atoms with Crippen molar-refractivity contribution in [2.75, 3.05) is 5.73 Å². The minimum absolute atomic E-state index is 0.477. The third-order valence-corrected chi connectivity index (χ3v) is 2.79. The minimum Gasteiger partial charge on any atom is -0.486 e. The first-order valence-corrected chi connectivity index (χ1v) is 5.51. The Bertz CT molecular complexity index is 436. The number of hydrogen-bond donors (Lipinski definition) is 1. The molecule has 0 radical (unpaired) electrons. The molecule has 1 heterocycles. The van der Waals surface area contributed by atoms with E-state index in [2.05, 4.69) is 4.98 Å². The average molecular weight is 220 g/mol. The monoisotopic (exact) mass is 220 g/mol. The quantitative estimate of drug-likeness (QED) is 0.865. The van der Waals surface area contributed by atoms with E-state index < -0.39 is 0 Å². The van der Waals surface area contributed by atoms with Gasteiger partial charge in [0.2, 0.25) is 0 Å². The van der Waals surface area contributed by atoms with E-state index in [1.54, 1.807) is 0 Å². The summed E-state index contributed by atoms with van der Waals surface area (Å²) in [5.41, 5.74) is 6.73. The summed E-state index contributed by atoms with van der Waals surface area (Å²) in [7, 11) is 0. The highest BCUT2D eigenvalue weighted by molar-refractivity contribution is 7.09. The van der Waals surface area contributed by atoms with Crippen LogP contribution in [0.2, 0.25) is 0 Å². The van der Waals surface area contributed by atoms with Gasteiger partial charge in [-0.3, -0.25) is 0 Å². The largest absolute Gasteiger partial charge is 0.486 e. The van der Waals surface area contributed by atoms with Crippen LogP contribution in [0.5, 0.6) is 5.75 Å². The number of aromatic nitrogens is 1. The van der Waals surface area contributed by atoms with Gasteiger partial charge in [0.1, 0.15) is 23.2 Å². The van der Waals surface area contributed by atoms with Crippen LogP contribution in [-0.4, -0.2) is 4.98 Å². The maximum atomic E-state index is 5.55. The normalized spacial score (nSPS) is 10.2. The number of nitrogen functional groups attached to an aromatic ring is 1. The van der Waals surface area contributed by atoms with E-state index in [4.69, 9.17) is 10.5 Å². The van der Waals surface area contributed by atoms with E-state index >= 15 is 0 Å². The Morgan fingerprint density at radius 1 is 1.33 bits per heavy atom. The highest BCUT2D eigenvalue weighted by Crippen LogP contribution is 2.16. The molecule has 78 valence electrons. The Balaban J connectivity index is 1.96. The molecule has 1 aromatic heterocycles. The lowest BCUT2D eigenvalue weighted by Crippen LogP contribution is -1.95. The lowest BCUT2D eigenvalue weighted by molar-refractivity contribution is 0.305. The second-order valence-electron chi connectivity index (χ2n) is 3.27. The number of hydrogen-bond acceptors (Lipinski definition) is 4. The van der Waals surface area contributed by atoms with Crippen LogP contribution in [0.1, 0.15) is 10.6 Å². The zero-order valence-corrected chi connectivity index (χ0v) is 9.25. The van der Waals surface area contributed by atoms with Crippen molar-refractivity contribution in [3.8, 4) is 5.75 Å². The first-order valence-electron chi connectivity index (χ1n) is 4.63. The molecule has 3 nitrogen and oxygen atoms in total. The van der Waals surface area contributed by atoms with Crippen LogP contribution >= 0.6 is 11.3 Å². The van der Waals surface area contributed by atoms with Crippen molar-refractivity contribution in [1.82, 2.24) is 4.98 Å². The summed E-state index contributed by atoms with van der Waals surface area (Å²) in [5, 5.41) is 2.71. The highest BCUT2D eigenvalue weighted by atomic mass is 32.1. The highest BCUT2D eigenvalue weighted by Gasteiger charge is 2.00. The lowest BCUT2D eigenvalue weighted by Gasteiger charge is -2.03. The average Bonchev–Trinajstić information content (AvgIpc) is 2.64. The van der Waals surface area contributed by atoms with Crippen LogP contribution in [0.3, 0.4) is 0 Å². The van der Waals surface area contributed by atoms with Gasteiger partial charge >= 0.3 is 0 Å². The molecule has 2 aromatic rings. The molecule has 0 saturated heterocycles. The van der Waals surface area contributed by atoms with Gasteiger partial charge in [0, 0.05) is 5.38 Å². The fourth-order valence-corrected chi connectivity index (χ4v) is 1.77. The van der Waals surface area contributed by atoms with Crippen molar-refractivity contribution in [2.24, 2.45) is 0 Å². The van der Waals surface area contributed by atoms with Crippen molar-refractivity contribution in [2.45, 2.75) is 13.5 Å². The molecule has 1 aromatic carbocycles. The summed E-state index contributed by atoms with van der Waals surface area (Å²) in [6.45, 7) is 2.52. The number of ether oxygens (including phenoxy) is 1. The van der Waals surface area contributed by atoms with Crippen LogP contribution in [0, 0.1) is 6.92 Å². The van der Waals surface area contributed by atoms with Gasteiger partial charge < -0.3 is 10.5 Å². The number of aryl methyl sites for hydroxylation is 1. The molecule has 0 saturated carbocycles. The van der Waals surface area contributed by atoms with Gasteiger partial charge in [0.25, 0.3) is 0 Å². The molecule has 0 fully saturated rings. The molecule has 0 unspecified atom stereocenters. The Morgan fingerprint density at radius 3 is 2.67 bits per heavy atom. The first-order chi connectivity index (χ1) is 7.24. The summed E-state index contributed by atoms with van der Waals surface area (Å²) in [6.07, 6.45) is 0. The maximum absolute atomic E-state index is 5.55. The fraction of sp³-hybridized carbons (Fsp3) is 0.182. The van der Waals surface area contributed by atoms with Crippen LogP contribution in [0.4, 0.5) is 5.82 Å². The predicted molar refractivity (Wildman–Crippen MR) is 62.0 cm³/mol. The molecule has 4 heteroatoms. The van der Waals surface area contributed by atoms with Crippen molar-refractivity contribution in [1.29, 1.82) is 0 Å². The molecule has 0 aliphatic carbocycles. The van der Waals surface area contributed by atoms with Gasteiger partial charge in [-0.15, -0.1) is 11.3 Å². The molecule has 15 heavy (non-hydrogen) atoms. The molecule has 2 rings (SSSR count). The second kappa shape index (κ2) is 4.31. The van der Waals surface area contributed by atoms with Gasteiger partial charge in [-0.25, -0.2) is 4.98 Å². The van der Waals surface area contributed by atoms with Crippen molar-refractivity contribution < 1.29 is 4.74 Å². The fourth-order valence-electron chi connectivity index (χ4n) is 1.17. The lowest BCUT2D eigenvalue weighted by atomic mass is 10.2. The molecule has 0 spiro atoms. The molecule has 2 N–H and O–H groups in total. The van der Waals surface area contributed by atoms with Crippen LogP contribution in [-0.2, 0) is 6.61 Å². The smallest absolute Gasteiger partial charge is 0.140 e. The molecule has 0 amide bonds. The summed E-state index contributed by atoms with van der Waals surface area (Å²) < 4.78 is 5.55. The number of benzene rings is 1. The minimum atomic E-state index is 0.477. The maximum Gasteiger partial charge on any atom is 0.140 e. The second-order valence-corrected chi connectivity index (χ2v) is 4.21. The van der Waals surface area contributed by atoms with E-state index in [0.29, 0.717) is 12.4 Å². The summed E-state index contributed by atoms with van der Waals surface area (Å²) >= 11 is 1.51. The SMILES string of the molecule is Cc1ccc(OCc2nc(N)cs2)cc1. The van der Waals surface area contributed by atoms with Crippen LogP contribution in [0.25, 0.3) is 0 Å². The van der Waals surface area contributed by atoms with Gasteiger partial charge in [0.05, 0.1) is 0 Å². The molecule has 0 bridgehead atoms. The Kier molecular flexibility index (Phi) is 2.87. The van der Waals surface area contributed by atoms with E-state index in [1.165, 1.54) is 16.9 Å². The third kappa shape index (κ3) is 2.70. The summed E-state index contributed by atoms with van der Waals surface area (Å²) in [4.78, 5) is 4.11. The molecule has 0 aliphatic heterocycles. The number of nitrogens with two attached hydrogens (primary N) is 1. The molecule has 0 atom stereocenters. The van der Waals surface area contributed by atoms with E-state index in [9.17, 15) is 0 Å². The zero-order valence-electron chi connectivity index (χ0n) is 8.43. The molecular weight excluding hydrogens is 208 g/mol. The number of thiazole rings is 1. The Morgan fingerprint density at radius 2 is 2.07 bits per heavy atom. The van der Waals surface area contributed by atoms with E-state index in [0.717, 1.165) is 10.8 Å². The van der Waals surface area contributed by atoms with Gasteiger partial charge in [-0.2, -0.15) is 0 Å². The van der Waals surface area contributed by atoms with E-state index in [1.807, 2.05) is 36.6 Å². The Hall–Kier alpha value is -1.55. The van der Waals surface area contributed by atoms with Crippen LogP contribution < -0.4 is 10.5 Å². The van der Waals surface area contributed by atoms with Gasteiger partial charge in [-0.05, 0) is 19.1 Å². The van der Waals surface area contributed by atoms with Gasteiger partial charge in [0.15, 0.2) is 0 Å². The van der Waals surface area contributed by atoms with E-state index in [-0.39, 0.29) is 0 Å². The number of anilines is 1. The first kappa shape index (κ1) is 9.98. The number of rotatable bonds is 3. The standard InChI is InChI=1S/C11H12N2OS/c1-8-2-4-9(5-3-8)14-6-11-13-10(12)7-15-11/h2-5,7H,6,12H2,1H3. The number of nitrogens with zero attached hydrogens (tertiary/aromatic N) is 1. The zero-order chi connectivity index (χ0) is 10.7. The molecule has 0 aliphatic rings. The van der Waals surface area contributed by atoms with Crippen molar-refractivity contribution in [3.63, 3.8) is 0 Å².